The zero-order valence-electron chi connectivity index (χ0n) is 10.1. The van der Waals surface area contributed by atoms with Crippen LogP contribution in [0, 0.1) is 0 Å². The summed E-state index contributed by atoms with van der Waals surface area (Å²) in [5, 5.41) is 12.7. The molecule has 2 heterocycles. The number of hydrogen-bond acceptors (Lipinski definition) is 6. The van der Waals surface area contributed by atoms with E-state index in [9.17, 15) is 0 Å². The summed E-state index contributed by atoms with van der Waals surface area (Å²) in [6.07, 6.45) is 2.52. The van der Waals surface area contributed by atoms with Crippen LogP contribution >= 0.6 is 11.8 Å². The van der Waals surface area contributed by atoms with Crippen LogP contribution in [0.25, 0.3) is 0 Å². The summed E-state index contributed by atoms with van der Waals surface area (Å²) in [6, 6.07) is 0.349. The molecule has 0 unspecified atom stereocenters. The molecule has 0 amide bonds. The third kappa shape index (κ3) is 2.85. The molecule has 2 rings (SSSR count). The quantitative estimate of drug-likeness (QED) is 0.760. The zero-order valence-corrected chi connectivity index (χ0v) is 10.9. The molecule has 0 saturated heterocycles. The minimum atomic E-state index is 0.349. The van der Waals surface area contributed by atoms with Gasteiger partial charge in [0.1, 0.15) is 6.33 Å². The van der Waals surface area contributed by atoms with Crippen molar-refractivity contribution in [3.63, 3.8) is 0 Å². The minimum Gasteiger partial charge on any atom is -0.338 e. The van der Waals surface area contributed by atoms with E-state index in [2.05, 4.69) is 34.2 Å². The van der Waals surface area contributed by atoms with Crippen LogP contribution in [0.4, 0.5) is 0 Å². The molecule has 6 nitrogen and oxygen atoms in total. The van der Waals surface area contributed by atoms with Gasteiger partial charge in [-0.05, 0) is 13.8 Å². The van der Waals surface area contributed by atoms with E-state index in [4.69, 9.17) is 4.52 Å². The molecule has 7 heteroatoms. The molecule has 0 radical (unpaired) electrons. The van der Waals surface area contributed by atoms with Crippen LogP contribution < -0.4 is 0 Å². The molecule has 0 N–H and O–H groups in total. The van der Waals surface area contributed by atoms with Gasteiger partial charge in [-0.2, -0.15) is 4.98 Å². The van der Waals surface area contributed by atoms with Gasteiger partial charge in [-0.1, -0.05) is 23.8 Å². The van der Waals surface area contributed by atoms with Gasteiger partial charge in [-0.25, -0.2) is 0 Å². The first-order valence-electron chi connectivity index (χ1n) is 5.54. The molecule has 17 heavy (non-hydrogen) atoms. The summed E-state index contributed by atoms with van der Waals surface area (Å²) in [5.74, 6) is 1.99. The Morgan fingerprint density at radius 1 is 1.47 bits per heavy atom. The van der Waals surface area contributed by atoms with E-state index in [1.807, 2.05) is 11.5 Å². The van der Waals surface area contributed by atoms with Gasteiger partial charge in [0, 0.05) is 12.5 Å². The normalized spacial score (nSPS) is 11.3. The highest BCUT2D eigenvalue weighted by atomic mass is 32.2. The highest BCUT2D eigenvalue weighted by molar-refractivity contribution is 7.98. The third-order valence-electron chi connectivity index (χ3n) is 2.25. The Morgan fingerprint density at radius 3 is 2.94 bits per heavy atom. The third-order valence-corrected chi connectivity index (χ3v) is 3.19. The molecule has 0 fully saturated rings. The lowest BCUT2D eigenvalue weighted by Gasteiger charge is -2.07. The summed E-state index contributed by atoms with van der Waals surface area (Å²) in [6.45, 7) is 6.18. The second-order valence-electron chi connectivity index (χ2n) is 3.86. The summed E-state index contributed by atoms with van der Waals surface area (Å²) in [5.41, 5.74) is 0. The Kier molecular flexibility index (Phi) is 3.78. The van der Waals surface area contributed by atoms with Crippen LogP contribution in [0.2, 0.25) is 0 Å². The Hall–Kier alpha value is -1.37. The monoisotopic (exact) mass is 253 g/mol. The molecular weight excluding hydrogens is 238 g/mol. The molecule has 0 bridgehead atoms. The molecule has 0 aliphatic carbocycles. The van der Waals surface area contributed by atoms with Crippen LogP contribution in [0.5, 0.6) is 0 Å². The second kappa shape index (κ2) is 5.31. The number of nitrogens with zero attached hydrogens (tertiary/aromatic N) is 5. The zero-order chi connectivity index (χ0) is 12.3. The lowest BCUT2D eigenvalue weighted by Crippen LogP contribution is -2.01. The maximum Gasteiger partial charge on any atom is 0.237 e. The van der Waals surface area contributed by atoms with Gasteiger partial charge in [-0.3, -0.25) is 0 Å². The van der Waals surface area contributed by atoms with Crippen molar-refractivity contribution >= 4 is 11.8 Å². The van der Waals surface area contributed by atoms with Gasteiger partial charge in [0.15, 0.2) is 11.0 Å². The van der Waals surface area contributed by atoms with Crippen molar-refractivity contribution in [3.8, 4) is 0 Å². The molecule has 2 aromatic heterocycles. The van der Waals surface area contributed by atoms with Crippen LogP contribution in [0.1, 0.15) is 38.5 Å². The van der Waals surface area contributed by atoms with Gasteiger partial charge in [0.05, 0.1) is 5.75 Å². The molecule has 0 aliphatic rings. The fraction of sp³-hybridized carbons (Fsp3) is 0.600. The number of aromatic nitrogens is 5. The van der Waals surface area contributed by atoms with Crippen molar-refractivity contribution in [3.05, 3.63) is 18.0 Å². The number of rotatable bonds is 5. The molecule has 0 saturated carbocycles. The Balaban J connectivity index is 1.99. The van der Waals surface area contributed by atoms with E-state index in [-0.39, 0.29) is 0 Å². The largest absolute Gasteiger partial charge is 0.338 e. The predicted molar refractivity (Wildman–Crippen MR) is 63.6 cm³/mol. The van der Waals surface area contributed by atoms with Crippen molar-refractivity contribution in [2.24, 2.45) is 0 Å². The van der Waals surface area contributed by atoms with Crippen molar-refractivity contribution in [2.75, 3.05) is 0 Å². The van der Waals surface area contributed by atoms with Gasteiger partial charge in [0.25, 0.3) is 0 Å². The van der Waals surface area contributed by atoms with Gasteiger partial charge >= 0.3 is 0 Å². The van der Waals surface area contributed by atoms with Crippen molar-refractivity contribution in [1.29, 1.82) is 0 Å². The highest BCUT2D eigenvalue weighted by Crippen LogP contribution is 2.22. The smallest absolute Gasteiger partial charge is 0.237 e. The molecule has 0 spiro atoms. The Labute approximate surface area is 104 Å². The van der Waals surface area contributed by atoms with Crippen molar-refractivity contribution in [1.82, 2.24) is 24.9 Å². The molecule has 0 atom stereocenters. The van der Waals surface area contributed by atoms with E-state index in [0.717, 1.165) is 17.4 Å². The summed E-state index contributed by atoms with van der Waals surface area (Å²) >= 11 is 1.55. The molecule has 92 valence electrons. The average Bonchev–Trinajstić information content (AvgIpc) is 2.95. The topological polar surface area (TPSA) is 69.6 Å². The number of aryl methyl sites for hydroxylation is 1. The van der Waals surface area contributed by atoms with Crippen LogP contribution in [0.15, 0.2) is 16.0 Å². The predicted octanol–water partition coefficient (Wildman–Crippen LogP) is 2.10. The minimum absolute atomic E-state index is 0.349. The van der Waals surface area contributed by atoms with E-state index >= 15 is 0 Å². The van der Waals surface area contributed by atoms with Gasteiger partial charge in [-0.15, -0.1) is 10.2 Å². The summed E-state index contributed by atoms with van der Waals surface area (Å²) < 4.78 is 7.13. The molecule has 2 aromatic rings. The van der Waals surface area contributed by atoms with E-state index in [1.54, 1.807) is 18.1 Å². The molecule has 0 aliphatic heterocycles. The van der Waals surface area contributed by atoms with E-state index in [0.29, 0.717) is 17.7 Å². The standard InChI is InChI=1S/C10H15N5OS/c1-4-8-12-9(16-14-8)5-17-10-13-11-6-15(10)7(2)3/h6-7H,4-5H2,1-3H3. The van der Waals surface area contributed by atoms with Crippen LogP contribution in [-0.2, 0) is 12.2 Å². The Morgan fingerprint density at radius 2 is 2.29 bits per heavy atom. The van der Waals surface area contributed by atoms with Crippen molar-refractivity contribution < 1.29 is 4.52 Å². The lowest BCUT2D eigenvalue weighted by atomic mass is 10.4. The first-order valence-corrected chi connectivity index (χ1v) is 6.53. The number of thioether (sulfide) groups is 1. The van der Waals surface area contributed by atoms with E-state index < -0.39 is 0 Å². The number of hydrogen-bond donors (Lipinski definition) is 0. The second-order valence-corrected chi connectivity index (χ2v) is 4.80. The Bertz CT molecular complexity index is 479. The average molecular weight is 253 g/mol. The van der Waals surface area contributed by atoms with Gasteiger partial charge in [0.2, 0.25) is 5.89 Å². The summed E-state index contributed by atoms with van der Waals surface area (Å²) in [4.78, 5) is 4.25. The van der Waals surface area contributed by atoms with Gasteiger partial charge < -0.3 is 9.09 Å². The molecule has 0 aromatic carbocycles. The van der Waals surface area contributed by atoms with Crippen molar-refractivity contribution in [2.45, 2.75) is 44.1 Å². The molecular formula is C10H15N5OS. The maximum absolute atomic E-state index is 5.11. The summed E-state index contributed by atoms with van der Waals surface area (Å²) in [7, 11) is 0. The fourth-order valence-electron chi connectivity index (χ4n) is 1.31. The first-order chi connectivity index (χ1) is 8.20. The fourth-order valence-corrected chi connectivity index (χ4v) is 2.19. The maximum atomic E-state index is 5.11. The van der Waals surface area contributed by atoms with Crippen LogP contribution in [0.3, 0.4) is 0 Å². The highest BCUT2D eigenvalue weighted by Gasteiger charge is 2.11. The lowest BCUT2D eigenvalue weighted by molar-refractivity contribution is 0.385. The SMILES string of the molecule is CCc1noc(CSc2nncn2C(C)C)n1. The van der Waals surface area contributed by atoms with E-state index in [1.165, 1.54) is 0 Å². The van der Waals surface area contributed by atoms with Crippen LogP contribution in [-0.4, -0.2) is 24.9 Å². The first kappa shape index (κ1) is 12.1.